The Morgan fingerprint density at radius 2 is 1.05 bits per heavy atom. The van der Waals surface area contributed by atoms with E-state index in [0.29, 0.717) is 12.1 Å². The van der Waals surface area contributed by atoms with Crippen LogP contribution in [-0.2, 0) is 32.8 Å². The lowest BCUT2D eigenvalue weighted by Crippen LogP contribution is -2.34. The van der Waals surface area contributed by atoms with E-state index in [-0.39, 0.29) is 84.9 Å². The summed E-state index contributed by atoms with van der Waals surface area (Å²) in [5.41, 5.74) is -0.297. The zero-order valence-corrected chi connectivity index (χ0v) is 33.2. The summed E-state index contributed by atoms with van der Waals surface area (Å²) in [7, 11) is -7.98. The Bertz CT molecular complexity index is 2190. The molecule has 0 atom stereocenters. The molecule has 0 aromatic carbocycles. The monoisotopic (exact) mass is 938 g/mol. The number of nitrogens with one attached hydrogen (secondary N) is 6. The number of hydroxylamine groups is 2. The van der Waals surface area contributed by atoms with Gasteiger partial charge >= 0.3 is 12.4 Å². The van der Waals surface area contributed by atoms with Crippen LogP contribution in [0.3, 0.4) is 0 Å². The third-order valence-electron chi connectivity index (χ3n) is 6.86. The second-order valence-electron chi connectivity index (χ2n) is 11.3. The number of amidine groups is 2. The smallest absolute Gasteiger partial charge is 0.364 e. The van der Waals surface area contributed by atoms with Crippen molar-refractivity contribution in [2.45, 2.75) is 35.2 Å². The number of nitrogens with two attached hydrogens (primary N) is 2. The summed E-state index contributed by atoms with van der Waals surface area (Å²) >= 11 is 1.48. The van der Waals surface area contributed by atoms with Gasteiger partial charge in [0, 0.05) is 26.2 Å². The van der Waals surface area contributed by atoms with E-state index in [1.165, 1.54) is 0 Å². The van der Waals surface area contributed by atoms with E-state index in [0.717, 1.165) is 35.9 Å². The van der Waals surface area contributed by atoms with Crippen LogP contribution in [-0.4, -0.2) is 107 Å². The number of halogens is 6. The Morgan fingerprint density at radius 3 is 1.38 bits per heavy atom. The second kappa shape index (κ2) is 21.0. The van der Waals surface area contributed by atoms with Gasteiger partial charge in [-0.05, 0) is 57.1 Å². The lowest BCUT2D eigenvalue weighted by molar-refractivity contribution is -0.141. The average Bonchev–Trinajstić information content (AvgIpc) is 3.83. The zero-order valence-electron chi connectivity index (χ0n) is 29.9. The van der Waals surface area contributed by atoms with E-state index in [1.54, 1.807) is 11.0 Å². The summed E-state index contributed by atoms with van der Waals surface area (Å²) in [6, 6.07) is 1.32. The molecule has 4 heterocycles. The highest BCUT2D eigenvalue weighted by molar-refractivity contribution is 7.99. The van der Waals surface area contributed by atoms with Gasteiger partial charge in [-0.25, -0.2) is 48.9 Å². The maximum absolute atomic E-state index is 14.1. The third-order valence-corrected chi connectivity index (χ3v) is 10.3. The molecule has 4 aromatic heterocycles. The lowest BCUT2D eigenvalue weighted by atomic mass is 10.2. The Balaban J connectivity index is 1.37. The SMILES string of the molecule is NS(=O)(=O)NCCNc1nonc1C(=Nc1cnc(SCCCCSc2ncc(N=C(NO)c3nonc3NCCNS(N)(=O)=O)cc2C(F)(F)F)c(C(F)(F)F)c1)NO. The van der Waals surface area contributed by atoms with Gasteiger partial charge in [-0.2, -0.15) is 43.2 Å². The molecule has 0 spiro atoms. The number of rotatable bonds is 21. The highest BCUT2D eigenvalue weighted by Gasteiger charge is 2.36. The summed E-state index contributed by atoms with van der Waals surface area (Å²) in [5, 5.41) is 47.4. The van der Waals surface area contributed by atoms with Gasteiger partial charge in [0.25, 0.3) is 20.4 Å². The molecule has 0 saturated heterocycles. The minimum Gasteiger partial charge on any atom is -0.364 e. The minimum atomic E-state index is -4.90. The lowest BCUT2D eigenvalue weighted by Gasteiger charge is -2.13. The number of anilines is 2. The fourth-order valence-electron chi connectivity index (χ4n) is 4.37. The van der Waals surface area contributed by atoms with Crippen LogP contribution in [0.4, 0.5) is 49.4 Å². The number of pyridine rings is 2. The summed E-state index contributed by atoms with van der Waals surface area (Å²) < 4.78 is 142. The number of unbranched alkanes of at least 4 members (excludes halogenated alkanes) is 1. The van der Waals surface area contributed by atoms with E-state index < -0.39 is 65.6 Å². The highest BCUT2D eigenvalue weighted by Crippen LogP contribution is 2.39. The van der Waals surface area contributed by atoms with Gasteiger partial charge in [-0.15, -0.1) is 23.5 Å². The molecule has 34 heteroatoms. The predicted molar refractivity (Wildman–Crippen MR) is 199 cm³/mol. The quantitative estimate of drug-likeness (QED) is 0.0141. The number of aromatic nitrogens is 6. The summed E-state index contributed by atoms with van der Waals surface area (Å²) in [6.07, 6.45) is -7.32. The summed E-state index contributed by atoms with van der Waals surface area (Å²) in [4.78, 5) is 15.5. The van der Waals surface area contributed by atoms with Crippen LogP contribution < -0.4 is 41.3 Å². The van der Waals surface area contributed by atoms with Crippen molar-refractivity contribution in [1.29, 1.82) is 0 Å². The van der Waals surface area contributed by atoms with Crippen LogP contribution in [0.25, 0.3) is 0 Å². The van der Waals surface area contributed by atoms with Crippen LogP contribution in [0.15, 0.2) is 53.8 Å². The molecule has 4 aromatic rings. The van der Waals surface area contributed by atoms with E-state index in [9.17, 15) is 53.6 Å². The Hall–Kier alpha value is -4.94. The van der Waals surface area contributed by atoms with Crippen molar-refractivity contribution < 1.29 is 62.9 Å². The molecular formula is C26H32F6N16O8S4. The van der Waals surface area contributed by atoms with Gasteiger partial charge in [0.15, 0.2) is 23.1 Å². The highest BCUT2D eigenvalue weighted by atomic mass is 32.2. The number of hydrogen-bond donors (Lipinski definition) is 10. The third kappa shape index (κ3) is 15.0. The first-order chi connectivity index (χ1) is 28.2. The molecule has 0 fully saturated rings. The van der Waals surface area contributed by atoms with Gasteiger partial charge < -0.3 is 10.6 Å². The Labute approximate surface area is 342 Å². The molecule has 0 radical (unpaired) electrons. The predicted octanol–water partition coefficient (Wildman–Crippen LogP) is 1.47. The fraction of sp³-hybridized carbons (Fsp3) is 0.385. The number of aliphatic imine (C=N–C) groups is 2. The molecule has 12 N–H and O–H groups in total. The first-order valence-corrected chi connectivity index (χ1v) is 21.3. The summed E-state index contributed by atoms with van der Waals surface area (Å²) in [5.74, 6) is -1.17. The van der Waals surface area contributed by atoms with Gasteiger partial charge in [-0.1, -0.05) is 0 Å². The largest absolute Gasteiger partial charge is 0.419 e. The van der Waals surface area contributed by atoms with Crippen molar-refractivity contribution in [2.24, 2.45) is 20.3 Å². The van der Waals surface area contributed by atoms with Crippen molar-refractivity contribution in [1.82, 2.24) is 51.0 Å². The number of thioether (sulfide) groups is 2. The molecule has 330 valence electrons. The second-order valence-corrected chi connectivity index (χ2v) is 16.2. The number of nitrogens with zero attached hydrogens (tertiary/aromatic N) is 8. The molecule has 4 rings (SSSR count). The van der Waals surface area contributed by atoms with Crippen LogP contribution in [0.2, 0.25) is 0 Å². The van der Waals surface area contributed by atoms with E-state index in [1.807, 2.05) is 9.44 Å². The molecule has 0 saturated carbocycles. The molecule has 0 bridgehead atoms. The molecule has 24 nitrogen and oxygen atoms in total. The molecule has 60 heavy (non-hydrogen) atoms. The van der Waals surface area contributed by atoms with Crippen LogP contribution in [0, 0.1) is 0 Å². The molecule has 0 unspecified atom stereocenters. The molecule has 0 aliphatic rings. The average molecular weight is 939 g/mol. The van der Waals surface area contributed by atoms with Crippen LogP contribution in [0.5, 0.6) is 0 Å². The standard InChI is InChI=1S/C26H32F6N16O8S4/c27-25(28,29)15-9-13(41-21(43-49)17-19(47-55-45-17)35-3-5-39-59(33,51)52)11-37-23(15)57-7-1-2-8-58-24-16(26(30,31)32)10-14(12-38-24)42-22(44-50)18-20(48-56-46-18)36-4-6-40-60(34,53)54/h9-12,39-40,49-50H,1-8H2,(H,35,47)(H,36,48)(H,41,43)(H,42,44)(H2,33,51,52)(H2,34,53,54). The van der Waals surface area contributed by atoms with E-state index in [4.69, 9.17) is 10.3 Å². The maximum atomic E-state index is 14.1. The van der Waals surface area contributed by atoms with Crippen LogP contribution in [0.1, 0.15) is 35.4 Å². The van der Waals surface area contributed by atoms with Gasteiger partial charge in [0.1, 0.15) is 10.1 Å². The topological polar surface area (TPSA) is 361 Å². The zero-order chi connectivity index (χ0) is 44.1. The van der Waals surface area contributed by atoms with Crippen molar-refractivity contribution in [2.75, 3.05) is 48.3 Å². The Morgan fingerprint density at radius 1 is 0.667 bits per heavy atom. The minimum absolute atomic E-state index is 0.0865. The molecular weight excluding hydrogens is 907 g/mol. The first-order valence-electron chi connectivity index (χ1n) is 16.2. The Kier molecular flexibility index (Phi) is 16.7. The normalized spacial score (nSPS) is 13.1. The maximum Gasteiger partial charge on any atom is 0.419 e. The molecule has 0 aliphatic carbocycles. The van der Waals surface area contributed by atoms with Gasteiger partial charge in [0.2, 0.25) is 11.6 Å². The van der Waals surface area contributed by atoms with Crippen molar-refractivity contribution >= 4 is 78.6 Å². The van der Waals surface area contributed by atoms with Crippen molar-refractivity contribution in [3.05, 3.63) is 47.0 Å². The van der Waals surface area contributed by atoms with Gasteiger partial charge in [0.05, 0.1) is 34.9 Å². The van der Waals surface area contributed by atoms with E-state index >= 15 is 0 Å². The van der Waals surface area contributed by atoms with Crippen molar-refractivity contribution in [3.8, 4) is 0 Å². The van der Waals surface area contributed by atoms with Crippen molar-refractivity contribution in [3.63, 3.8) is 0 Å². The van der Waals surface area contributed by atoms with Gasteiger partial charge in [-0.3, -0.25) is 21.4 Å². The molecule has 0 amide bonds. The molecule has 0 aliphatic heterocycles. The number of alkyl halides is 6. The summed E-state index contributed by atoms with van der Waals surface area (Å²) in [6.45, 7) is -0.588. The fourth-order valence-corrected chi connectivity index (χ4v) is 7.14. The first kappa shape index (κ1) is 47.7. The van der Waals surface area contributed by atoms with E-state index in [2.05, 4.69) is 60.5 Å². The van der Waals surface area contributed by atoms with Crippen LogP contribution >= 0.6 is 23.5 Å². The number of hydrogen-bond acceptors (Lipinski definition) is 20.